The Morgan fingerprint density at radius 1 is 1.28 bits per heavy atom. The van der Waals surface area contributed by atoms with Crippen molar-refractivity contribution in [1.29, 1.82) is 0 Å². The Bertz CT molecular complexity index is 574. The van der Waals surface area contributed by atoms with Crippen LogP contribution in [0.15, 0.2) is 22.8 Å². The van der Waals surface area contributed by atoms with Crippen LogP contribution in [-0.2, 0) is 14.3 Å². The maximum absolute atomic E-state index is 12.1. The fraction of sp³-hybridized carbons (Fsp3) is 0.611. The van der Waals surface area contributed by atoms with Gasteiger partial charge >= 0.3 is 5.97 Å². The van der Waals surface area contributed by atoms with Crippen molar-refractivity contribution in [3.63, 3.8) is 0 Å². The molecule has 0 radical (unpaired) electrons. The van der Waals surface area contributed by atoms with Gasteiger partial charge in [-0.25, -0.2) is 0 Å². The molecule has 0 spiro atoms. The van der Waals surface area contributed by atoms with Gasteiger partial charge in [0.2, 0.25) is 0 Å². The van der Waals surface area contributed by atoms with Crippen molar-refractivity contribution in [3.8, 4) is 0 Å². The molecule has 7 heteroatoms. The fourth-order valence-corrected chi connectivity index (χ4v) is 3.10. The van der Waals surface area contributed by atoms with Gasteiger partial charge < -0.3 is 19.4 Å². The van der Waals surface area contributed by atoms with Crippen molar-refractivity contribution < 1.29 is 23.5 Å². The number of esters is 1. The van der Waals surface area contributed by atoms with E-state index >= 15 is 0 Å². The minimum absolute atomic E-state index is 0.141. The number of rotatable bonds is 7. The molecule has 1 N–H and O–H groups in total. The maximum atomic E-state index is 12.1. The van der Waals surface area contributed by atoms with Gasteiger partial charge in [0.15, 0.2) is 12.4 Å². The third-order valence-corrected chi connectivity index (χ3v) is 4.17. The zero-order valence-electron chi connectivity index (χ0n) is 14.8. The van der Waals surface area contributed by atoms with E-state index in [4.69, 9.17) is 9.15 Å². The molecule has 1 saturated heterocycles. The number of nitrogens with one attached hydrogen (secondary N) is 1. The molecule has 2 atom stereocenters. The highest BCUT2D eigenvalue weighted by molar-refractivity contribution is 5.91. The largest absolute Gasteiger partial charge is 0.459 e. The Morgan fingerprint density at radius 3 is 2.64 bits per heavy atom. The summed E-state index contributed by atoms with van der Waals surface area (Å²) in [6, 6.07) is 3.20. The summed E-state index contributed by atoms with van der Waals surface area (Å²) in [4.78, 5) is 37.2. The van der Waals surface area contributed by atoms with Crippen molar-refractivity contribution in [1.82, 2.24) is 10.2 Å². The second-order valence-electron chi connectivity index (χ2n) is 6.74. The normalized spacial score (nSPS) is 20.2. The number of furan rings is 1. The first kappa shape index (κ1) is 19.0. The molecule has 1 aromatic rings. The van der Waals surface area contributed by atoms with Gasteiger partial charge in [0.25, 0.3) is 11.8 Å². The van der Waals surface area contributed by atoms with E-state index in [0.29, 0.717) is 24.8 Å². The van der Waals surface area contributed by atoms with Gasteiger partial charge in [-0.15, -0.1) is 0 Å². The smallest absolute Gasteiger partial charge is 0.306 e. The Labute approximate surface area is 147 Å². The van der Waals surface area contributed by atoms with Crippen LogP contribution in [0.3, 0.4) is 0 Å². The van der Waals surface area contributed by atoms with Crippen LogP contribution >= 0.6 is 0 Å². The standard InChI is InChI=1S/C18H26N2O5/c1-13-9-14(2)11-20(10-13)16(21)12-25-17(22)6-3-7-19-18(23)15-5-4-8-24-15/h4-5,8,13-14H,3,6-7,9-12H2,1-2H3,(H,19,23). The Hall–Kier alpha value is -2.31. The summed E-state index contributed by atoms with van der Waals surface area (Å²) in [5.41, 5.74) is 0. The van der Waals surface area contributed by atoms with Crippen molar-refractivity contribution >= 4 is 17.8 Å². The molecule has 0 aromatic carbocycles. The summed E-state index contributed by atoms with van der Waals surface area (Å²) >= 11 is 0. The minimum atomic E-state index is -0.432. The van der Waals surface area contributed by atoms with Crippen LogP contribution in [0, 0.1) is 11.8 Å². The molecule has 2 amide bonds. The first-order valence-electron chi connectivity index (χ1n) is 8.70. The predicted octanol–water partition coefficient (Wildman–Crippen LogP) is 1.84. The summed E-state index contributed by atoms with van der Waals surface area (Å²) in [5.74, 6) is 0.291. The van der Waals surface area contributed by atoms with Crippen LogP contribution in [-0.4, -0.2) is 48.9 Å². The van der Waals surface area contributed by atoms with Gasteiger partial charge in [-0.2, -0.15) is 0 Å². The lowest BCUT2D eigenvalue weighted by molar-refractivity contribution is -0.153. The molecular weight excluding hydrogens is 324 g/mol. The molecule has 0 aliphatic carbocycles. The highest BCUT2D eigenvalue weighted by Gasteiger charge is 2.25. The quantitative estimate of drug-likeness (QED) is 0.599. The average Bonchev–Trinajstić information content (AvgIpc) is 3.10. The van der Waals surface area contributed by atoms with E-state index in [1.54, 1.807) is 17.0 Å². The van der Waals surface area contributed by atoms with Crippen LogP contribution in [0.2, 0.25) is 0 Å². The van der Waals surface area contributed by atoms with Crippen LogP contribution < -0.4 is 5.32 Å². The lowest BCUT2D eigenvalue weighted by atomic mass is 9.92. The number of nitrogens with zero attached hydrogens (tertiary/aromatic N) is 1. The lowest BCUT2D eigenvalue weighted by Gasteiger charge is -2.34. The van der Waals surface area contributed by atoms with Gasteiger partial charge in [0.05, 0.1) is 6.26 Å². The third-order valence-electron chi connectivity index (χ3n) is 4.17. The number of carbonyl (C=O) groups excluding carboxylic acids is 3. The maximum Gasteiger partial charge on any atom is 0.306 e. The molecule has 2 unspecified atom stereocenters. The molecule has 1 aromatic heterocycles. The van der Waals surface area contributed by atoms with E-state index in [-0.39, 0.29) is 30.6 Å². The molecular formula is C18H26N2O5. The molecule has 0 bridgehead atoms. The molecule has 0 saturated carbocycles. The molecule has 25 heavy (non-hydrogen) atoms. The minimum Gasteiger partial charge on any atom is -0.459 e. The zero-order valence-corrected chi connectivity index (χ0v) is 14.8. The van der Waals surface area contributed by atoms with Gasteiger partial charge in [-0.05, 0) is 36.8 Å². The number of hydrogen-bond donors (Lipinski definition) is 1. The van der Waals surface area contributed by atoms with Crippen molar-refractivity contribution in [3.05, 3.63) is 24.2 Å². The molecule has 2 heterocycles. The predicted molar refractivity (Wildman–Crippen MR) is 90.8 cm³/mol. The molecule has 1 aliphatic heterocycles. The first-order valence-corrected chi connectivity index (χ1v) is 8.70. The Morgan fingerprint density at radius 2 is 2.00 bits per heavy atom. The molecule has 7 nitrogen and oxygen atoms in total. The van der Waals surface area contributed by atoms with Crippen LogP contribution in [0.25, 0.3) is 0 Å². The summed E-state index contributed by atoms with van der Waals surface area (Å²) in [6.07, 6.45) is 3.14. The average molecular weight is 350 g/mol. The van der Waals surface area contributed by atoms with Crippen molar-refractivity contribution in [2.75, 3.05) is 26.2 Å². The molecule has 1 aliphatic rings. The van der Waals surface area contributed by atoms with E-state index in [1.807, 2.05) is 0 Å². The number of amides is 2. The highest BCUT2D eigenvalue weighted by atomic mass is 16.5. The van der Waals surface area contributed by atoms with E-state index < -0.39 is 5.97 Å². The zero-order chi connectivity index (χ0) is 18.2. The Balaban J connectivity index is 1.59. The van der Waals surface area contributed by atoms with Crippen LogP contribution in [0.1, 0.15) is 43.7 Å². The number of carbonyl (C=O) groups is 3. The fourth-order valence-electron chi connectivity index (χ4n) is 3.10. The monoisotopic (exact) mass is 350 g/mol. The van der Waals surface area contributed by atoms with Crippen LogP contribution in [0.4, 0.5) is 0 Å². The van der Waals surface area contributed by atoms with Gasteiger partial charge in [0.1, 0.15) is 0 Å². The summed E-state index contributed by atoms with van der Waals surface area (Å²) in [5, 5.41) is 2.65. The lowest BCUT2D eigenvalue weighted by Crippen LogP contribution is -2.44. The van der Waals surface area contributed by atoms with Gasteiger partial charge in [-0.3, -0.25) is 14.4 Å². The molecule has 1 fully saturated rings. The highest BCUT2D eigenvalue weighted by Crippen LogP contribution is 2.20. The van der Waals surface area contributed by atoms with Crippen molar-refractivity contribution in [2.45, 2.75) is 33.1 Å². The topological polar surface area (TPSA) is 88.9 Å². The number of likely N-dealkylation sites (tertiary alicyclic amines) is 1. The first-order chi connectivity index (χ1) is 12.0. The summed E-state index contributed by atoms with van der Waals surface area (Å²) in [6.45, 7) is 5.82. The second kappa shape index (κ2) is 9.25. The van der Waals surface area contributed by atoms with E-state index in [2.05, 4.69) is 19.2 Å². The summed E-state index contributed by atoms with van der Waals surface area (Å²) < 4.78 is 10.0. The van der Waals surface area contributed by atoms with E-state index in [9.17, 15) is 14.4 Å². The van der Waals surface area contributed by atoms with E-state index in [1.165, 1.54) is 6.26 Å². The third kappa shape index (κ3) is 6.25. The van der Waals surface area contributed by atoms with Gasteiger partial charge in [0, 0.05) is 26.1 Å². The van der Waals surface area contributed by atoms with E-state index in [0.717, 1.165) is 19.5 Å². The van der Waals surface area contributed by atoms with Gasteiger partial charge in [-0.1, -0.05) is 13.8 Å². The second-order valence-corrected chi connectivity index (χ2v) is 6.74. The number of hydrogen-bond acceptors (Lipinski definition) is 5. The SMILES string of the molecule is CC1CC(C)CN(C(=O)COC(=O)CCCNC(=O)c2ccco2)C1. The number of piperidine rings is 1. The Kier molecular flexibility index (Phi) is 7.03. The number of ether oxygens (including phenoxy) is 1. The molecule has 138 valence electrons. The van der Waals surface area contributed by atoms with Crippen molar-refractivity contribution in [2.24, 2.45) is 11.8 Å². The summed E-state index contributed by atoms with van der Waals surface area (Å²) in [7, 11) is 0. The van der Waals surface area contributed by atoms with Crippen LogP contribution in [0.5, 0.6) is 0 Å². The molecule has 2 rings (SSSR count).